The number of thioether (sulfide) groups is 1. The van der Waals surface area contributed by atoms with E-state index in [1.165, 1.54) is 0 Å². The van der Waals surface area contributed by atoms with E-state index in [0.29, 0.717) is 6.42 Å². The second kappa shape index (κ2) is 4.68. The highest BCUT2D eigenvalue weighted by atomic mass is 32.2. The molecule has 1 aliphatic carbocycles. The second-order valence-electron chi connectivity index (χ2n) is 4.18. The smallest absolute Gasteiger partial charge is 0.309 e. The number of carbonyl (C=O) groups is 1. The van der Waals surface area contributed by atoms with Crippen LogP contribution >= 0.6 is 11.8 Å². The van der Waals surface area contributed by atoms with Gasteiger partial charge in [-0.15, -0.1) is 0 Å². The van der Waals surface area contributed by atoms with E-state index in [4.69, 9.17) is 5.11 Å². The molecule has 2 nitrogen and oxygen atoms in total. The lowest BCUT2D eigenvalue weighted by molar-refractivity contribution is -0.157. The molecule has 0 spiro atoms. The van der Waals surface area contributed by atoms with Gasteiger partial charge < -0.3 is 5.11 Å². The lowest BCUT2D eigenvalue weighted by atomic mass is 9.71. The van der Waals surface area contributed by atoms with E-state index in [-0.39, 0.29) is 25.7 Å². The molecule has 0 aromatic heterocycles. The lowest BCUT2D eigenvalue weighted by Gasteiger charge is -2.36. The molecule has 0 heterocycles. The van der Waals surface area contributed by atoms with E-state index in [9.17, 15) is 13.6 Å². The van der Waals surface area contributed by atoms with Crippen LogP contribution in [0.1, 0.15) is 32.1 Å². The predicted molar refractivity (Wildman–Crippen MR) is 56.5 cm³/mol. The van der Waals surface area contributed by atoms with Crippen molar-refractivity contribution in [2.45, 2.75) is 38.0 Å². The number of alkyl halides is 2. The molecule has 88 valence electrons. The Balaban J connectivity index is 2.65. The first kappa shape index (κ1) is 12.7. The Morgan fingerprint density at radius 1 is 1.33 bits per heavy atom. The van der Waals surface area contributed by atoms with Gasteiger partial charge >= 0.3 is 5.97 Å². The monoisotopic (exact) mass is 238 g/mol. The Labute approximate surface area is 92.4 Å². The summed E-state index contributed by atoms with van der Waals surface area (Å²) >= 11 is 1.56. The average molecular weight is 238 g/mol. The lowest BCUT2D eigenvalue weighted by Crippen LogP contribution is -2.39. The van der Waals surface area contributed by atoms with Gasteiger partial charge in [0.2, 0.25) is 5.92 Å². The maximum Gasteiger partial charge on any atom is 0.309 e. The molecule has 0 unspecified atom stereocenters. The van der Waals surface area contributed by atoms with E-state index in [1.807, 2.05) is 6.26 Å². The van der Waals surface area contributed by atoms with Crippen LogP contribution in [-0.4, -0.2) is 29.0 Å². The standard InChI is InChI=1S/C10H16F2O2S/c1-15-7-6-9(8(13)14)2-4-10(11,12)5-3-9/h2-7H2,1H3,(H,13,14). The number of carboxylic acids is 1. The molecule has 0 aromatic rings. The van der Waals surface area contributed by atoms with Gasteiger partial charge in [-0.25, -0.2) is 8.78 Å². The van der Waals surface area contributed by atoms with Crippen molar-refractivity contribution < 1.29 is 18.7 Å². The Morgan fingerprint density at radius 2 is 1.87 bits per heavy atom. The van der Waals surface area contributed by atoms with Crippen LogP contribution in [0.5, 0.6) is 0 Å². The van der Waals surface area contributed by atoms with E-state index in [1.54, 1.807) is 11.8 Å². The van der Waals surface area contributed by atoms with E-state index < -0.39 is 17.3 Å². The Morgan fingerprint density at radius 3 is 2.27 bits per heavy atom. The normalized spacial score (nSPS) is 23.7. The fraction of sp³-hybridized carbons (Fsp3) is 0.900. The summed E-state index contributed by atoms with van der Waals surface area (Å²) in [7, 11) is 0. The van der Waals surface area contributed by atoms with Crippen molar-refractivity contribution >= 4 is 17.7 Å². The van der Waals surface area contributed by atoms with Crippen LogP contribution in [0, 0.1) is 5.41 Å². The van der Waals surface area contributed by atoms with E-state index >= 15 is 0 Å². The first-order chi connectivity index (χ1) is 6.92. The van der Waals surface area contributed by atoms with Crippen molar-refractivity contribution in [3.8, 4) is 0 Å². The van der Waals surface area contributed by atoms with Crippen molar-refractivity contribution in [3.63, 3.8) is 0 Å². The van der Waals surface area contributed by atoms with Gasteiger partial charge in [-0.3, -0.25) is 4.79 Å². The molecule has 1 saturated carbocycles. The third-order valence-corrected chi connectivity index (χ3v) is 3.79. The minimum atomic E-state index is -2.65. The first-order valence-electron chi connectivity index (χ1n) is 5.02. The molecule has 0 atom stereocenters. The fourth-order valence-electron chi connectivity index (χ4n) is 1.96. The van der Waals surface area contributed by atoms with Crippen molar-refractivity contribution in [3.05, 3.63) is 0 Å². The molecular weight excluding hydrogens is 222 g/mol. The van der Waals surface area contributed by atoms with Crippen LogP contribution in [0.3, 0.4) is 0 Å². The molecule has 0 saturated heterocycles. The van der Waals surface area contributed by atoms with Crippen LogP contribution in [0.15, 0.2) is 0 Å². The van der Waals surface area contributed by atoms with Gasteiger partial charge in [0.1, 0.15) is 0 Å². The Hall–Kier alpha value is -0.320. The summed E-state index contributed by atoms with van der Waals surface area (Å²) in [4.78, 5) is 11.1. The van der Waals surface area contributed by atoms with Gasteiger partial charge in [0, 0.05) is 12.8 Å². The minimum absolute atomic E-state index is 0.107. The van der Waals surface area contributed by atoms with E-state index in [0.717, 1.165) is 5.75 Å². The van der Waals surface area contributed by atoms with Gasteiger partial charge in [-0.1, -0.05) is 0 Å². The SMILES string of the molecule is CSCCC1(C(=O)O)CCC(F)(F)CC1. The fourth-order valence-corrected chi connectivity index (χ4v) is 2.56. The number of carboxylic acid groups (broad SMARTS) is 1. The number of halogens is 2. The minimum Gasteiger partial charge on any atom is -0.481 e. The first-order valence-corrected chi connectivity index (χ1v) is 6.41. The van der Waals surface area contributed by atoms with Gasteiger partial charge in [0.15, 0.2) is 0 Å². The third-order valence-electron chi connectivity index (χ3n) is 3.18. The average Bonchev–Trinajstić information content (AvgIpc) is 2.16. The zero-order valence-corrected chi connectivity index (χ0v) is 9.58. The van der Waals surface area contributed by atoms with Crippen molar-refractivity contribution in [2.75, 3.05) is 12.0 Å². The van der Waals surface area contributed by atoms with Gasteiger partial charge in [0.25, 0.3) is 0 Å². The topological polar surface area (TPSA) is 37.3 Å². The molecule has 1 aliphatic rings. The zero-order valence-electron chi connectivity index (χ0n) is 8.76. The number of aliphatic carboxylic acids is 1. The zero-order chi connectivity index (χ0) is 11.5. The summed E-state index contributed by atoms with van der Waals surface area (Å²) in [6.45, 7) is 0. The van der Waals surface area contributed by atoms with Crippen molar-refractivity contribution in [1.82, 2.24) is 0 Å². The summed E-state index contributed by atoms with van der Waals surface area (Å²) in [5.41, 5.74) is -0.898. The second-order valence-corrected chi connectivity index (χ2v) is 5.17. The highest BCUT2D eigenvalue weighted by Gasteiger charge is 2.47. The number of hydrogen-bond acceptors (Lipinski definition) is 2. The maximum atomic E-state index is 12.9. The van der Waals surface area contributed by atoms with Crippen LogP contribution < -0.4 is 0 Å². The summed E-state index contributed by atoms with van der Waals surface area (Å²) in [6, 6.07) is 0. The molecule has 0 aromatic carbocycles. The Kier molecular flexibility index (Phi) is 3.98. The summed E-state index contributed by atoms with van der Waals surface area (Å²) in [5.74, 6) is -2.84. The predicted octanol–water partition coefficient (Wildman–Crippen LogP) is 3.02. The van der Waals surface area contributed by atoms with Gasteiger partial charge in [-0.05, 0) is 31.3 Å². The van der Waals surface area contributed by atoms with Gasteiger partial charge in [-0.2, -0.15) is 11.8 Å². The molecule has 0 amide bonds. The third kappa shape index (κ3) is 3.06. The number of rotatable bonds is 4. The molecule has 0 bridgehead atoms. The summed E-state index contributed by atoms with van der Waals surface area (Å²) < 4.78 is 25.9. The number of hydrogen-bond donors (Lipinski definition) is 1. The Bertz CT molecular complexity index is 234. The van der Waals surface area contributed by atoms with Crippen LogP contribution in [0.4, 0.5) is 8.78 Å². The molecular formula is C10H16F2O2S. The maximum absolute atomic E-state index is 12.9. The van der Waals surface area contributed by atoms with Gasteiger partial charge in [0.05, 0.1) is 5.41 Å². The highest BCUT2D eigenvalue weighted by Crippen LogP contribution is 2.46. The van der Waals surface area contributed by atoms with Crippen LogP contribution in [-0.2, 0) is 4.79 Å². The largest absolute Gasteiger partial charge is 0.481 e. The molecule has 5 heteroatoms. The summed E-state index contributed by atoms with van der Waals surface area (Å²) in [5, 5.41) is 9.13. The van der Waals surface area contributed by atoms with E-state index in [2.05, 4.69) is 0 Å². The van der Waals surface area contributed by atoms with Crippen LogP contribution in [0.25, 0.3) is 0 Å². The van der Waals surface area contributed by atoms with Crippen molar-refractivity contribution in [1.29, 1.82) is 0 Å². The molecule has 0 radical (unpaired) electrons. The summed E-state index contributed by atoms with van der Waals surface area (Å²) in [6.07, 6.45) is 2.04. The highest BCUT2D eigenvalue weighted by molar-refractivity contribution is 7.98. The molecule has 15 heavy (non-hydrogen) atoms. The molecule has 1 fully saturated rings. The molecule has 1 N–H and O–H groups in total. The van der Waals surface area contributed by atoms with Crippen LogP contribution in [0.2, 0.25) is 0 Å². The quantitative estimate of drug-likeness (QED) is 0.818. The van der Waals surface area contributed by atoms with Crippen molar-refractivity contribution in [2.24, 2.45) is 5.41 Å². The molecule has 1 rings (SSSR count). The molecule has 0 aliphatic heterocycles.